The molecule has 1 fully saturated rings. The molecule has 0 aromatic heterocycles. The van der Waals surface area contributed by atoms with E-state index in [9.17, 15) is 33.2 Å². The lowest BCUT2D eigenvalue weighted by atomic mass is 9.77. The van der Waals surface area contributed by atoms with Gasteiger partial charge in [-0.1, -0.05) is 48.5 Å². The Labute approximate surface area is 252 Å². The van der Waals surface area contributed by atoms with Crippen LogP contribution in [0.15, 0.2) is 72.8 Å². The number of hydrogen-bond acceptors (Lipinski definition) is 8. The van der Waals surface area contributed by atoms with Crippen LogP contribution in [0.1, 0.15) is 60.1 Å². The topological polar surface area (TPSA) is 151 Å². The van der Waals surface area contributed by atoms with Crippen molar-refractivity contribution in [2.45, 2.75) is 62.7 Å². The maximum absolute atomic E-state index is 13.3. The van der Waals surface area contributed by atoms with E-state index in [0.29, 0.717) is 44.2 Å². The number of nitrogens with one attached hydrogen (secondary N) is 1. The Morgan fingerprint density at radius 3 is 2.16 bits per heavy atom. The van der Waals surface area contributed by atoms with Gasteiger partial charge in [-0.2, -0.15) is 0 Å². The minimum Gasteiger partial charge on any atom is -0.391 e. The van der Waals surface area contributed by atoms with E-state index < -0.39 is 34.7 Å². The molecule has 0 bridgehead atoms. The molecule has 0 radical (unpaired) electrons. The zero-order valence-electron chi connectivity index (χ0n) is 24.2. The molecule has 6 N–H and O–H groups in total. The quantitative estimate of drug-likeness (QED) is 0.113. The summed E-state index contributed by atoms with van der Waals surface area (Å²) in [6.45, 7) is -0.395. The second kappa shape index (κ2) is 14.3. The van der Waals surface area contributed by atoms with E-state index in [-0.39, 0.29) is 24.2 Å². The monoisotopic (exact) mass is 616 g/mol. The van der Waals surface area contributed by atoms with Gasteiger partial charge in [-0.25, -0.2) is 17.5 Å². The molecular formula is C32H41FN2O7S. The zero-order chi connectivity index (χ0) is 31.2. The Balaban J connectivity index is 1.48. The Kier molecular flexibility index (Phi) is 10.9. The van der Waals surface area contributed by atoms with Crippen LogP contribution >= 0.6 is 0 Å². The molecule has 1 aliphatic heterocycles. The third-order valence-electron chi connectivity index (χ3n) is 8.03. The summed E-state index contributed by atoms with van der Waals surface area (Å²) >= 11 is 0. The highest BCUT2D eigenvalue weighted by molar-refractivity contribution is 7.88. The Hall–Kier alpha value is -2.90. The third kappa shape index (κ3) is 9.05. The number of nitrogens with zero attached hydrogens (tertiary/aromatic N) is 1. The van der Waals surface area contributed by atoms with Gasteiger partial charge in [0.25, 0.3) is 0 Å². The lowest BCUT2D eigenvalue weighted by Crippen LogP contribution is -2.58. The van der Waals surface area contributed by atoms with Crippen LogP contribution in [0.4, 0.5) is 10.1 Å². The van der Waals surface area contributed by atoms with Crippen LogP contribution in [0.3, 0.4) is 0 Å². The largest absolute Gasteiger partial charge is 0.391 e. The van der Waals surface area contributed by atoms with Gasteiger partial charge in [0, 0.05) is 24.6 Å². The van der Waals surface area contributed by atoms with E-state index >= 15 is 0 Å². The molecular weight excluding hydrogens is 575 g/mol. The molecule has 0 saturated carbocycles. The fourth-order valence-electron chi connectivity index (χ4n) is 5.56. The molecule has 9 nitrogen and oxygen atoms in total. The number of rotatable bonds is 15. The van der Waals surface area contributed by atoms with Crippen molar-refractivity contribution in [3.63, 3.8) is 0 Å². The van der Waals surface area contributed by atoms with Gasteiger partial charge >= 0.3 is 0 Å². The number of aryl methyl sites for hydroxylation is 2. The molecule has 0 amide bonds. The summed E-state index contributed by atoms with van der Waals surface area (Å²) in [4.78, 5) is 1.93. The molecule has 1 saturated heterocycles. The fourth-order valence-corrected chi connectivity index (χ4v) is 6.07. The number of sulfonamides is 1. The molecule has 1 unspecified atom stereocenters. The summed E-state index contributed by atoms with van der Waals surface area (Å²) in [7, 11) is -3.23. The van der Waals surface area contributed by atoms with Gasteiger partial charge in [-0.15, -0.1) is 0 Å². The van der Waals surface area contributed by atoms with Crippen molar-refractivity contribution in [2.24, 2.45) is 5.92 Å². The van der Waals surface area contributed by atoms with Crippen LogP contribution in [-0.2, 0) is 22.9 Å². The van der Waals surface area contributed by atoms with Gasteiger partial charge in [-0.3, -0.25) is 0 Å². The van der Waals surface area contributed by atoms with Crippen molar-refractivity contribution < 1.29 is 38.3 Å². The van der Waals surface area contributed by atoms with Crippen LogP contribution < -0.4 is 9.62 Å². The summed E-state index contributed by atoms with van der Waals surface area (Å²) < 4.78 is 38.4. The molecule has 3 aromatic rings. The van der Waals surface area contributed by atoms with E-state index in [0.717, 1.165) is 28.6 Å². The van der Waals surface area contributed by atoms with E-state index in [4.69, 9.17) is 5.11 Å². The van der Waals surface area contributed by atoms with Gasteiger partial charge in [0.1, 0.15) is 12.0 Å². The number of hydrogen-bond donors (Lipinski definition) is 6. The predicted octanol–water partition coefficient (Wildman–Crippen LogP) is 2.92. The van der Waals surface area contributed by atoms with Crippen LogP contribution in [-0.4, -0.2) is 65.4 Å². The van der Waals surface area contributed by atoms with Crippen LogP contribution in [0.5, 0.6) is 0 Å². The van der Waals surface area contributed by atoms with E-state index in [1.54, 1.807) is 12.1 Å². The summed E-state index contributed by atoms with van der Waals surface area (Å²) in [6.07, 6.45) is 2.12. The molecule has 1 heterocycles. The fraction of sp³-hybridized carbons (Fsp3) is 0.438. The molecule has 43 heavy (non-hydrogen) atoms. The van der Waals surface area contributed by atoms with Crippen molar-refractivity contribution in [1.82, 2.24) is 4.72 Å². The van der Waals surface area contributed by atoms with Crippen molar-refractivity contribution in [1.29, 1.82) is 0 Å². The predicted molar refractivity (Wildman–Crippen MR) is 162 cm³/mol. The number of halogens is 1. The highest BCUT2D eigenvalue weighted by atomic mass is 32.2. The van der Waals surface area contributed by atoms with Crippen molar-refractivity contribution >= 4 is 15.7 Å². The maximum atomic E-state index is 13.3. The zero-order valence-corrected chi connectivity index (χ0v) is 25.0. The van der Waals surface area contributed by atoms with Gasteiger partial charge in [-0.05, 0) is 78.6 Å². The SMILES string of the molecule is CS(=O)(=O)NCCCc1ccc(N2C(O)[C@H](CC[C@H](O)c3ccc(F)cc3)[C@H]2c2ccc(CCC(O)(O)CO)cc2)cc1. The lowest BCUT2D eigenvalue weighted by Gasteiger charge is -2.54. The van der Waals surface area contributed by atoms with Gasteiger partial charge < -0.3 is 30.4 Å². The Morgan fingerprint density at radius 1 is 0.953 bits per heavy atom. The Morgan fingerprint density at radius 2 is 1.56 bits per heavy atom. The smallest absolute Gasteiger partial charge is 0.208 e. The number of anilines is 1. The van der Waals surface area contributed by atoms with Gasteiger partial charge in [0.15, 0.2) is 5.79 Å². The second-order valence-electron chi connectivity index (χ2n) is 11.4. The van der Waals surface area contributed by atoms with E-state index in [2.05, 4.69) is 4.72 Å². The summed E-state index contributed by atoms with van der Waals surface area (Å²) in [5, 5.41) is 50.6. The highest BCUT2D eigenvalue weighted by Crippen LogP contribution is 2.49. The molecule has 3 aromatic carbocycles. The number of aliphatic hydroxyl groups is 5. The standard InChI is InChI=1S/C32H41FN2O7S/c1-43(41,42)34-20-2-3-22-6-14-27(15-7-22)35-30(25-8-4-23(5-9-25)18-19-32(39,40)21-36)28(31(35)38)16-17-29(37)24-10-12-26(33)13-11-24/h4-15,28-31,34,36-40H,2-3,16-21H2,1H3/t28-,29+,30-,31?/m1/s1. The minimum atomic E-state index is -3.23. The molecule has 11 heteroatoms. The number of aliphatic hydroxyl groups excluding tert-OH is 3. The summed E-state index contributed by atoms with van der Waals surface area (Å²) in [5.41, 5.74) is 4.30. The van der Waals surface area contributed by atoms with Crippen molar-refractivity contribution in [2.75, 3.05) is 24.3 Å². The third-order valence-corrected chi connectivity index (χ3v) is 8.76. The van der Waals surface area contributed by atoms with E-state index in [1.165, 1.54) is 12.1 Å². The molecule has 0 spiro atoms. The molecule has 234 valence electrons. The summed E-state index contributed by atoms with van der Waals surface area (Å²) in [6, 6.07) is 21.0. The lowest BCUT2D eigenvalue weighted by molar-refractivity contribution is -0.190. The normalized spacial score (nSPS) is 19.7. The van der Waals surface area contributed by atoms with Crippen LogP contribution in [0.25, 0.3) is 0 Å². The first-order chi connectivity index (χ1) is 20.4. The Bertz CT molecular complexity index is 1420. The van der Waals surface area contributed by atoms with Gasteiger partial charge in [0.05, 0.1) is 25.0 Å². The summed E-state index contributed by atoms with van der Waals surface area (Å²) in [5.74, 6) is -2.71. The average Bonchev–Trinajstić information content (AvgIpc) is 2.98. The first-order valence-electron chi connectivity index (χ1n) is 14.4. The number of benzene rings is 3. The molecule has 4 rings (SSSR count). The molecule has 1 aliphatic rings. The first kappa shape index (κ1) is 33.0. The molecule has 4 atom stereocenters. The first-order valence-corrected chi connectivity index (χ1v) is 16.3. The van der Waals surface area contributed by atoms with Crippen molar-refractivity contribution in [3.05, 3.63) is 101 Å². The van der Waals surface area contributed by atoms with E-state index in [1.807, 2.05) is 53.4 Å². The average molecular weight is 617 g/mol. The second-order valence-corrected chi connectivity index (χ2v) is 13.2. The maximum Gasteiger partial charge on any atom is 0.208 e. The molecule has 0 aliphatic carbocycles. The van der Waals surface area contributed by atoms with Gasteiger partial charge in [0.2, 0.25) is 10.0 Å². The van der Waals surface area contributed by atoms with Crippen LogP contribution in [0.2, 0.25) is 0 Å². The minimum absolute atomic E-state index is 0.0162. The highest BCUT2D eigenvalue weighted by Gasteiger charge is 2.48. The van der Waals surface area contributed by atoms with Crippen LogP contribution in [0, 0.1) is 11.7 Å². The van der Waals surface area contributed by atoms with Crippen molar-refractivity contribution in [3.8, 4) is 0 Å².